The lowest BCUT2D eigenvalue weighted by Crippen LogP contribution is -2.21. The quantitative estimate of drug-likeness (QED) is 0.668. The summed E-state index contributed by atoms with van der Waals surface area (Å²) in [5.41, 5.74) is 4.68. The van der Waals surface area contributed by atoms with Crippen molar-refractivity contribution in [1.82, 2.24) is 9.55 Å². The summed E-state index contributed by atoms with van der Waals surface area (Å²) in [7, 11) is 1.84. The molecule has 2 aromatic heterocycles. The summed E-state index contributed by atoms with van der Waals surface area (Å²) >= 11 is 0. The summed E-state index contributed by atoms with van der Waals surface area (Å²) in [6.07, 6.45) is 5.57. The fourth-order valence-electron chi connectivity index (χ4n) is 4.17. The predicted octanol–water partition coefficient (Wildman–Crippen LogP) is 3.65. The van der Waals surface area contributed by atoms with Gasteiger partial charge in [-0.25, -0.2) is 9.78 Å². The van der Waals surface area contributed by atoms with Crippen molar-refractivity contribution in [2.45, 2.75) is 39.0 Å². The van der Waals surface area contributed by atoms with Crippen molar-refractivity contribution in [2.24, 2.45) is 0 Å². The minimum atomic E-state index is -0.570. The number of esters is 1. The van der Waals surface area contributed by atoms with Gasteiger partial charge in [0, 0.05) is 42.0 Å². The highest BCUT2D eigenvalue weighted by molar-refractivity contribution is 5.96. The van der Waals surface area contributed by atoms with Crippen LogP contribution in [0.1, 0.15) is 47.3 Å². The van der Waals surface area contributed by atoms with Crippen LogP contribution in [0, 0.1) is 0 Å². The van der Waals surface area contributed by atoms with E-state index in [2.05, 4.69) is 14.9 Å². The summed E-state index contributed by atoms with van der Waals surface area (Å²) in [5.74, 6) is 0.217. The Labute approximate surface area is 173 Å². The Bertz CT molecular complexity index is 1230. The molecule has 5 rings (SSSR count). The molecule has 2 aliphatic rings. The molecule has 0 amide bonds. The van der Waals surface area contributed by atoms with E-state index in [0.717, 1.165) is 46.4 Å². The Hall–Kier alpha value is -3.19. The van der Waals surface area contributed by atoms with Crippen LogP contribution in [-0.4, -0.2) is 29.2 Å². The Morgan fingerprint density at radius 2 is 2.13 bits per heavy atom. The van der Waals surface area contributed by atoms with Gasteiger partial charge in [-0.3, -0.25) is 4.79 Å². The molecular weight excluding hydrogens is 382 g/mol. The molecule has 0 unspecified atom stereocenters. The number of aromatic nitrogens is 2. The van der Waals surface area contributed by atoms with Gasteiger partial charge in [-0.05, 0) is 43.0 Å². The van der Waals surface area contributed by atoms with Crippen molar-refractivity contribution >= 4 is 22.7 Å². The maximum Gasteiger partial charge on any atom is 0.343 e. The molecule has 30 heavy (non-hydrogen) atoms. The van der Waals surface area contributed by atoms with Crippen LogP contribution in [-0.2, 0) is 22.7 Å². The smallest absolute Gasteiger partial charge is 0.343 e. The molecule has 1 aliphatic heterocycles. The summed E-state index contributed by atoms with van der Waals surface area (Å²) < 4.78 is 13.2. The number of nitrogens with one attached hydrogen (secondary N) is 1. The lowest BCUT2D eigenvalue weighted by atomic mass is 9.95. The van der Waals surface area contributed by atoms with Crippen LogP contribution in [0.15, 0.2) is 35.4 Å². The maximum atomic E-state index is 13.2. The SMILES string of the molecule is CCOC(=O)c1cn(C2CC2)c2c3c(ccc2c1=O)-c1cnc(NC)cc1COC3. The molecule has 154 valence electrons. The van der Waals surface area contributed by atoms with E-state index in [1.165, 1.54) is 0 Å². The third-order valence-corrected chi connectivity index (χ3v) is 5.77. The van der Waals surface area contributed by atoms with Gasteiger partial charge in [-0.2, -0.15) is 0 Å². The first-order valence-corrected chi connectivity index (χ1v) is 10.2. The van der Waals surface area contributed by atoms with Crippen LogP contribution >= 0.6 is 0 Å². The van der Waals surface area contributed by atoms with Gasteiger partial charge in [0.2, 0.25) is 5.43 Å². The van der Waals surface area contributed by atoms with Crippen LogP contribution in [0.2, 0.25) is 0 Å². The summed E-state index contributed by atoms with van der Waals surface area (Å²) in [4.78, 5) is 30.0. The molecule has 0 spiro atoms. The molecule has 0 radical (unpaired) electrons. The lowest BCUT2D eigenvalue weighted by Gasteiger charge is -2.18. The number of pyridine rings is 2. The predicted molar refractivity (Wildman–Crippen MR) is 114 cm³/mol. The second kappa shape index (κ2) is 7.25. The van der Waals surface area contributed by atoms with Gasteiger partial charge in [0.05, 0.1) is 25.3 Å². The first-order valence-electron chi connectivity index (χ1n) is 10.2. The number of carbonyl (C=O) groups excluding carboxylic acids is 1. The van der Waals surface area contributed by atoms with Crippen molar-refractivity contribution in [3.05, 3.63) is 57.5 Å². The number of rotatable bonds is 4. The van der Waals surface area contributed by atoms with Crippen LogP contribution in [0.5, 0.6) is 0 Å². The van der Waals surface area contributed by atoms with Crippen molar-refractivity contribution in [3.8, 4) is 11.1 Å². The van der Waals surface area contributed by atoms with Gasteiger partial charge >= 0.3 is 5.97 Å². The first kappa shape index (κ1) is 18.8. The van der Waals surface area contributed by atoms with E-state index in [0.29, 0.717) is 18.6 Å². The normalized spacial score (nSPS) is 15.3. The van der Waals surface area contributed by atoms with Gasteiger partial charge in [-0.1, -0.05) is 6.07 Å². The monoisotopic (exact) mass is 405 g/mol. The van der Waals surface area contributed by atoms with E-state index in [1.54, 1.807) is 13.1 Å². The second-order valence-electron chi connectivity index (χ2n) is 7.69. The molecule has 1 aromatic carbocycles. The second-order valence-corrected chi connectivity index (χ2v) is 7.69. The van der Waals surface area contributed by atoms with Gasteiger partial charge in [0.1, 0.15) is 11.4 Å². The standard InChI is InChI=1S/C23H23N3O4/c1-3-30-23(28)18-10-26(14-4-5-14)21-16(22(18)27)7-6-15-17-9-25-20(24-2)8-13(17)11-29-12-19(15)21/h6-10,14H,3-5,11-12H2,1-2H3,(H,24,25). The van der Waals surface area contributed by atoms with Gasteiger partial charge in [0.25, 0.3) is 0 Å². The van der Waals surface area contributed by atoms with E-state index in [-0.39, 0.29) is 23.6 Å². The van der Waals surface area contributed by atoms with Crippen molar-refractivity contribution in [1.29, 1.82) is 0 Å². The average Bonchev–Trinajstić information content (AvgIpc) is 3.60. The molecule has 7 nitrogen and oxygen atoms in total. The topological polar surface area (TPSA) is 82.5 Å². The van der Waals surface area contributed by atoms with Gasteiger partial charge in [0.15, 0.2) is 0 Å². The number of benzene rings is 1. The Kier molecular flexibility index (Phi) is 4.55. The number of hydrogen-bond donors (Lipinski definition) is 1. The summed E-state index contributed by atoms with van der Waals surface area (Å²) in [6.45, 7) is 2.83. The number of anilines is 1. The van der Waals surface area contributed by atoms with Crippen LogP contribution in [0.25, 0.3) is 22.0 Å². The number of fused-ring (bicyclic) bond motifs is 5. The lowest BCUT2D eigenvalue weighted by molar-refractivity contribution is 0.0524. The van der Waals surface area contributed by atoms with E-state index in [9.17, 15) is 9.59 Å². The first-order chi connectivity index (χ1) is 14.6. The zero-order chi connectivity index (χ0) is 20.8. The van der Waals surface area contributed by atoms with E-state index in [4.69, 9.17) is 9.47 Å². The third kappa shape index (κ3) is 2.97. The van der Waals surface area contributed by atoms with Crippen molar-refractivity contribution < 1.29 is 14.3 Å². The van der Waals surface area contributed by atoms with E-state index >= 15 is 0 Å². The molecule has 0 bridgehead atoms. The molecule has 7 heteroatoms. The molecular formula is C23H23N3O4. The number of nitrogens with zero attached hydrogens (tertiary/aromatic N) is 2. The largest absolute Gasteiger partial charge is 0.462 e. The average molecular weight is 405 g/mol. The minimum Gasteiger partial charge on any atom is -0.462 e. The van der Waals surface area contributed by atoms with Crippen molar-refractivity contribution in [3.63, 3.8) is 0 Å². The molecule has 1 saturated carbocycles. The maximum absolute atomic E-state index is 13.2. The molecule has 0 saturated heterocycles. The van der Waals surface area contributed by atoms with E-state index in [1.807, 2.05) is 31.4 Å². The Balaban J connectivity index is 1.79. The zero-order valence-electron chi connectivity index (χ0n) is 17.0. The number of carbonyl (C=O) groups is 1. The molecule has 3 aromatic rings. The zero-order valence-corrected chi connectivity index (χ0v) is 17.0. The van der Waals surface area contributed by atoms with Gasteiger partial charge in [-0.15, -0.1) is 0 Å². The highest BCUT2D eigenvalue weighted by atomic mass is 16.5. The third-order valence-electron chi connectivity index (χ3n) is 5.77. The Morgan fingerprint density at radius 3 is 2.87 bits per heavy atom. The highest BCUT2D eigenvalue weighted by Crippen LogP contribution is 2.41. The minimum absolute atomic E-state index is 0.0893. The van der Waals surface area contributed by atoms with Crippen LogP contribution < -0.4 is 10.7 Å². The number of hydrogen-bond acceptors (Lipinski definition) is 6. The van der Waals surface area contributed by atoms with Crippen LogP contribution in [0.3, 0.4) is 0 Å². The molecule has 1 aliphatic carbocycles. The Morgan fingerprint density at radius 1 is 1.30 bits per heavy atom. The molecule has 1 N–H and O–H groups in total. The molecule has 3 heterocycles. The fraction of sp³-hybridized carbons (Fsp3) is 0.348. The number of ether oxygens (including phenoxy) is 2. The molecule has 1 fully saturated rings. The van der Waals surface area contributed by atoms with Gasteiger partial charge < -0.3 is 19.4 Å². The van der Waals surface area contributed by atoms with Crippen LogP contribution in [0.4, 0.5) is 5.82 Å². The van der Waals surface area contributed by atoms with Crippen molar-refractivity contribution in [2.75, 3.05) is 19.0 Å². The van der Waals surface area contributed by atoms with E-state index < -0.39 is 5.97 Å². The summed E-state index contributed by atoms with van der Waals surface area (Å²) in [6, 6.07) is 6.03. The molecule has 0 atom stereocenters. The fourth-order valence-corrected chi connectivity index (χ4v) is 4.17. The summed E-state index contributed by atoms with van der Waals surface area (Å²) in [5, 5.41) is 3.59. The highest BCUT2D eigenvalue weighted by Gasteiger charge is 2.30.